The Morgan fingerprint density at radius 2 is 1.25 bits per heavy atom. The third-order valence-electron chi connectivity index (χ3n) is 11.5. The SMILES string of the molecule is c1ccc(-c2ccc(N3B4c5cccc6c5N(c5ccccc5S6)c5cc6c(sc7ccccc76)c(c54)-c4cc5c(cc43)Oc3ccccc3S5)cc2)cc1. The van der Waals surface area contributed by atoms with Crippen molar-refractivity contribution in [2.24, 2.45) is 0 Å². The van der Waals surface area contributed by atoms with Gasteiger partial charge in [-0.1, -0.05) is 121 Å². The highest BCUT2D eigenvalue weighted by atomic mass is 32.2. The Hall–Kier alpha value is -5.86. The van der Waals surface area contributed by atoms with E-state index in [2.05, 4.69) is 174 Å². The standard InChI is InChI=1S/C48H27BN2OS3/c1-2-11-28(12-3-1)29-21-23-30(24-22-29)51-36-27-39-44(54-42-19-9-6-16-38(42)52-39)26-33(36)45-46-37(25-32-31-13-4-7-17-40(31)55-48(32)45)50-35-15-5-8-18-41(35)53-43-20-10-14-34(47(43)50)49(46)51/h1-27H. The summed E-state index contributed by atoms with van der Waals surface area (Å²) in [6.07, 6.45) is 0. The van der Waals surface area contributed by atoms with E-state index in [0.717, 1.165) is 32.7 Å². The number of thiophene rings is 1. The molecule has 256 valence electrons. The van der Waals surface area contributed by atoms with E-state index in [1.807, 2.05) is 23.1 Å². The fraction of sp³-hybridized carbons (Fsp3) is 0. The molecule has 0 radical (unpaired) electrons. The number of nitrogens with zero attached hydrogens (tertiary/aromatic N) is 2. The van der Waals surface area contributed by atoms with Gasteiger partial charge >= 0.3 is 6.85 Å². The number of benzene rings is 8. The molecule has 9 aromatic rings. The van der Waals surface area contributed by atoms with Gasteiger partial charge in [-0.15, -0.1) is 11.3 Å². The molecule has 4 aliphatic rings. The first-order valence-corrected chi connectivity index (χ1v) is 21.0. The molecule has 4 aliphatic heterocycles. The quantitative estimate of drug-likeness (QED) is 0.163. The summed E-state index contributed by atoms with van der Waals surface area (Å²) in [4.78, 5) is 10.0. The fourth-order valence-corrected chi connectivity index (χ4v) is 12.5. The van der Waals surface area contributed by atoms with E-state index < -0.39 is 0 Å². The highest BCUT2D eigenvalue weighted by Crippen LogP contribution is 2.58. The summed E-state index contributed by atoms with van der Waals surface area (Å²) in [5.41, 5.74) is 13.7. The van der Waals surface area contributed by atoms with Gasteiger partial charge in [-0.2, -0.15) is 0 Å². The smallest absolute Gasteiger partial charge is 0.333 e. The van der Waals surface area contributed by atoms with Crippen molar-refractivity contribution in [3.05, 3.63) is 164 Å². The van der Waals surface area contributed by atoms with Crippen LogP contribution in [0.5, 0.6) is 11.5 Å². The zero-order valence-corrected chi connectivity index (χ0v) is 31.6. The molecule has 55 heavy (non-hydrogen) atoms. The minimum Gasteiger partial charge on any atom is -0.455 e. The molecule has 0 bridgehead atoms. The average molecular weight is 755 g/mol. The van der Waals surface area contributed by atoms with E-state index in [1.54, 1.807) is 11.8 Å². The lowest BCUT2D eigenvalue weighted by atomic mass is 9.43. The summed E-state index contributed by atoms with van der Waals surface area (Å²) >= 11 is 5.61. The summed E-state index contributed by atoms with van der Waals surface area (Å²) in [5, 5.41) is 2.62. The fourth-order valence-electron chi connectivity index (χ4n) is 9.15. The van der Waals surface area contributed by atoms with Gasteiger partial charge in [-0.25, -0.2) is 0 Å². The van der Waals surface area contributed by atoms with Crippen LogP contribution in [0.15, 0.2) is 183 Å². The second kappa shape index (κ2) is 11.3. The lowest BCUT2D eigenvalue weighted by Gasteiger charge is -2.47. The van der Waals surface area contributed by atoms with Crippen LogP contribution in [0.4, 0.5) is 28.4 Å². The van der Waals surface area contributed by atoms with Crippen LogP contribution in [0.25, 0.3) is 42.4 Å². The molecule has 5 heterocycles. The first-order valence-electron chi connectivity index (χ1n) is 18.5. The van der Waals surface area contributed by atoms with Gasteiger partial charge in [-0.3, -0.25) is 0 Å². The van der Waals surface area contributed by atoms with Crippen molar-refractivity contribution in [1.29, 1.82) is 0 Å². The maximum Gasteiger partial charge on any atom is 0.333 e. The zero-order valence-electron chi connectivity index (χ0n) is 29.2. The van der Waals surface area contributed by atoms with Crippen molar-refractivity contribution in [2.45, 2.75) is 19.6 Å². The van der Waals surface area contributed by atoms with Gasteiger partial charge < -0.3 is 14.4 Å². The van der Waals surface area contributed by atoms with Crippen molar-refractivity contribution in [3.8, 4) is 33.8 Å². The monoisotopic (exact) mass is 754 g/mol. The molecule has 0 atom stereocenters. The lowest BCUT2D eigenvalue weighted by Crippen LogP contribution is -2.62. The number of anilines is 5. The van der Waals surface area contributed by atoms with Crippen LogP contribution in [-0.2, 0) is 0 Å². The molecule has 13 rings (SSSR count). The van der Waals surface area contributed by atoms with Gasteiger partial charge in [-0.05, 0) is 82.7 Å². The highest BCUT2D eigenvalue weighted by molar-refractivity contribution is 8.00. The van der Waals surface area contributed by atoms with Gasteiger partial charge in [0.05, 0.1) is 21.2 Å². The number of hydrogen-bond acceptors (Lipinski definition) is 6. The maximum atomic E-state index is 6.75. The van der Waals surface area contributed by atoms with E-state index in [0.29, 0.717) is 0 Å². The van der Waals surface area contributed by atoms with Crippen molar-refractivity contribution in [1.82, 2.24) is 0 Å². The molecule has 0 amide bonds. The third-order valence-corrected chi connectivity index (χ3v) is 14.9. The second-order valence-corrected chi connectivity index (χ2v) is 17.6. The largest absolute Gasteiger partial charge is 0.455 e. The molecule has 0 saturated carbocycles. The van der Waals surface area contributed by atoms with Crippen molar-refractivity contribution >= 4 is 101 Å². The molecule has 0 N–H and O–H groups in total. The van der Waals surface area contributed by atoms with E-state index in [1.165, 1.54) is 80.2 Å². The van der Waals surface area contributed by atoms with Gasteiger partial charge in [0.2, 0.25) is 0 Å². The van der Waals surface area contributed by atoms with Crippen LogP contribution in [0.3, 0.4) is 0 Å². The predicted molar refractivity (Wildman–Crippen MR) is 233 cm³/mol. The van der Waals surface area contributed by atoms with Crippen molar-refractivity contribution in [2.75, 3.05) is 9.71 Å². The van der Waals surface area contributed by atoms with E-state index >= 15 is 0 Å². The lowest BCUT2D eigenvalue weighted by molar-refractivity contribution is 0.455. The number of hydrogen-bond donors (Lipinski definition) is 0. The van der Waals surface area contributed by atoms with E-state index in [4.69, 9.17) is 4.74 Å². The van der Waals surface area contributed by atoms with Crippen LogP contribution >= 0.6 is 34.9 Å². The van der Waals surface area contributed by atoms with Crippen LogP contribution in [0, 0.1) is 0 Å². The molecule has 0 unspecified atom stereocenters. The second-order valence-electron chi connectivity index (χ2n) is 14.4. The predicted octanol–water partition coefficient (Wildman–Crippen LogP) is 13.2. The molecule has 0 aliphatic carbocycles. The summed E-state index contributed by atoms with van der Waals surface area (Å²) in [7, 11) is 0. The number of para-hydroxylation sites is 3. The number of ether oxygens (including phenoxy) is 1. The van der Waals surface area contributed by atoms with Gasteiger partial charge in [0.25, 0.3) is 0 Å². The summed E-state index contributed by atoms with van der Waals surface area (Å²) in [6, 6.07) is 60.2. The Labute approximate surface area is 330 Å². The van der Waals surface area contributed by atoms with Crippen LogP contribution in [0.2, 0.25) is 0 Å². The summed E-state index contributed by atoms with van der Waals surface area (Å²) < 4.78 is 9.40. The van der Waals surface area contributed by atoms with E-state index in [9.17, 15) is 0 Å². The molecule has 0 fully saturated rings. The minimum atomic E-state index is -0.0756. The first-order chi connectivity index (χ1) is 27.3. The molecular formula is C48H27BN2OS3. The van der Waals surface area contributed by atoms with Crippen LogP contribution in [-0.4, -0.2) is 6.85 Å². The van der Waals surface area contributed by atoms with Gasteiger partial charge in [0.15, 0.2) is 0 Å². The van der Waals surface area contributed by atoms with E-state index in [-0.39, 0.29) is 6.85 Å². The molecule has 8 aromatic carbocycles. The first kappa shape index (κ1) is 30.5. The van der Waals surface area contributed by atoms with Crippen LogP contribution in [0.1, 0.15) is 0 Å². The molecule has 0 spiro atoms. The molecule has 0 saturated heterocycles. The Balaban J connectivity index is 1.16. The van der Waals surface area contributed by atoms with Crippen molar-refractivity contribution < 1.29 is 4.74 Å². The van der Waals surface area contributed by atoms with Gasteiger partial charge in [0.1, 0.15) is 11.5 Å². The average Bonchev–Trinajstić information content (AvgIpc) is 3.62. The van der Waals surface area contributed by atoms with Crippen LogP contribution < -0.4 is 25.4 Å². The molecule has 1 aromatic heterocycles. The number of fused-ring (bicyclic) bond motifs is 12. The minimum absolute atomic E-state index is 0.0756. The molecule has 7 heteroatoms. The topological polar surface area (TPSA) is 15.7 Å². The Kier molecular flexibility index (Phi) is 6.28. The number of rotatable bonds is 2. The normalized spacial score (nSPS) is 14.1. The molecule has 3 nitrogen and oxygen atoms in total. The Morgan fingerprint density at radius 1 is 0.509 bits per heavy atom. The summed E-state index contributed by atoms with van der Waals surface area (Å²) in [5.74, 6) is 1.81. The van der Waals surface area contributed by atoms with Crippen molar-refractivity contribution in [3.63, 3.8) is 0 Å². The zero-order chi connectivity index (χ0) is 35.8. The molecular weight excluding hydrogens is 728 g/mol. The summed E-state index contributed by atoms with van der Waals surface area (Å²) in [6.45, 7) is -0.0756. The Morgan fingerprint density at radius 3 is 2.16 bits per heavy atom. The Bertz CT molecular complexity index is 3110. The highest BCUT2D eigenvalue weighted by Gasteiger charge is 2.48. The maximum absolute atomic E-state index is 6.75. The van der Waals surface area contributed by atoms with Gasteiger partial charge in [0, 0.05) is 64.2 Å². The third kappa shape index (κ3) is 4.26.